The largest absolute Gasteiger partial charge is 0.325 e. The Morgan fingerprint density at radius 2 is 1.81 bits per heavy atom. The molecule has 1 aromatic heterocycles. The molecule has 1 heterocycles. The number of pyridine rings is 1. The third kappa shape index (κ3) is 2.95. The van der Waals surface area contributed by atoms with Crippen LogP contribution in [0.15, 0.2) is 48.8 Å². The second kappa shape index (κ2) is 5.30. The molecule has 0 aliphatic heterocycles. The minimum Gasteiger partial charge on any atom is -0.325 e. The predicted octanol–water partition coefficient (Wildman–Crippen LogP) is 2.93. The Labute approximate surface area is 124 Å². The Morgan fingerprint density at radius 3 is 2.38 bits per heavy atom. The summed E-state index contributed by atoms with van der Waals surface area (Å²) in [5.74, 6) is 0.212. The van der Waals surface area contributed by atoms with Crippen molar-refractivity contribution in [2.75, 3.05) is 5.32 Å². The highest BCUT2D eigenvalue weighted by atomic mass is 16.1. The number of nitrogens with one attached hydrogen (secondary N) is 1. The standard InChI is InChI=1S/C17H19N3O/c1-12(17(18)8-9-17)13-2-4-14(5-3-13)16(21)20-15-6-10-19-11-7-15/h2-7,10-12H,8-9,18H2,1H3,(H,19,20,21). The highest BCUT2D eigenvalue weighted by Gasteiger charge is 2.43. The third-order valence-corrected chi connectivity index (χ3v) is 4.30. The van der Waals surface area contributed by atoms with Gasteiger partial charge in [0.05, 0.1) is 0 Å². The van der Waals surface area contributed by atoms with E-state index in [1.165, 1.54) is 5.56 Å². The summed E-state index contributed by atoms with van der Waals surface area (Å²) in [5, 5.41) is 2.85. The van der Waals surface area contributed by atoms with E-state index in [9.17, 15) is 4.79 Å². The maximum Gasteiger partial charge on any atom is 0.255 e. The van der Waals surface area contributed by atoms with Crippen LogP contribution in [0.5, 0.6) is 0 Å². The van der Waals surface area contributed by atoms with E-state index in [1.807, 2.05) is 24.3 Å². The number of hydrogen-bond donors (Lipinski definition) is 2. The van der Waals surface area contributed by atoms with Crippen LogP contribution in [0.4, 0.5) is 5.69 Å². The minimum atomic E-state index is -0.116. The van der Waals surface area contributed by atoms with Gasteiger partial charge in [-0.1, -0.05) is 19.1 Å². The number of anilines is 1. The van der Waals surface area contributed by atoms with Crippen LogP contribution in [-0.2, 0) is 0 Å². The number of amides is 1. The van der Waals surface area contributed by atoms with Crippen LogP contribution in [-0.4, -0.2) is 16.4 Å². The molecule has 0 saturated heterocycles. The van der Waals surface area contributed by atoms with E-state index >= 15 is 0 Å². The molecule has 4 nitrogen and oxygen atoms in total. The molecule has 1 fully saturated rings. The van der Waals surface area contributed by atoms with Crippen LogP contribution in [0.1, 0.15) is 41.6 Å². The van der Waals surface area contributed by atoms with Gasteiger partial charge in [0, 0.05) is 29.2 Å². The highest BCUT2D eigenvalue weighted by Crippen LogP contribution is 2.44. The topological polar surface area (TPSA) is 68.0 Å². The zero-order valence-corrected chi connectivity index (χ0v) is 12.0. The van der Waals surface area contributed by atoms with Gasteiger partial charge in [-0.3, -0.25) is 9.78 Å². The van der Waals surface area contributed by atoms with Crippen LogP contribution < -0.4 is 11.1 Å². The second-order valence-electron chi connectivity index (χ2n) is 5.77. The molecule has 1 aliphatic rings. The summed E-state index contributed by atoms with van der Waals surface area (Å²) in [4.78, 5) is 16.1. The first-order valence-corrected chi connectivity index (χ1v) is 7.19. The van der Waals surface area contributed by atoms with E-state index in [0.29, 0.717) is 11.5 Å². The number of carbonyl (C=O) groups is 1. The molecule has 1 saturated carbocycles. The predicted molar refractivity (Wildman–Crippen MR) is 83.2 cm³/mol. The lowest BCUT2D eigenvalue weighted by Crippen LogP contribution is -2.28. The van der Waals surface area contributed by atoms with Crippen LogP contribution in [0.3, 0.4) is 0 Å². The maximum atomic E-state index is 12.1. The summed E-state index contributed by atoms with van der Waals surface area (Å²) in [7, 11) is 0. The van der Waals surface area contributed by atoms with E-state index < -0.39 is 0 Å². The molecular formula is C17H19N3O. The molecule has 108 valence electrons. The molecule has 1 unspecified atom stereocenters. The van der Waals surface area contributed by atoms with Crippen molar-refractivity contribution in [2.45, 2.75) is 31.2 Å². The average Bonchev–Trinajstić information content (AvgIpc) is 3.27. The van der Waals surface area contributed by atoms with Gasteiger partial charge in [-0.2, -0.15) is 0 Å². The van der Waals surface area contributed by atoms with E-state index in [2.05, 4.69) is 17.2 Å². The first-order chi connectivity index (χ1) is 10.1. The molecule has 1 atom stereocenters. The van der Waals surface area contributed by atoms with Gasteiger partial charge < -0.3 is 11.1 Å². The number of rotatable bonds is 4. The number of nitrogens with two attached hydrogens (primary N) is 1. The van der Waals surface area contributed by atoms with E-state index in [4.69, 9.17) is 5.73 Å². The van der Waals surface area contributed by atoms with Crippen LogP contribution in [0.25, 0.3) is 0 Å². The van der Waals surface area contributed by atoms with E-state index in [1.54, 1.807) is 24.5 Å². The molecule has 1 aliphatic carbocycles. The maximum absolute atomic E-state index is 12.1. The minimum absolute atomic E-state index is 0.0409. The number of hydrogen-bond acceptors (Lipinski definition) is 3. The fourth-order valence-corrected chi connectivity index (χ4v) is 2.47. The molecule has 1 amide bonds. The molecule has 0 spiro atoms. The average molecular weight is 281 g/mol. The van der Waals surface area contributed by atoms with E-state index in [-0.39, 0.29) is 11.4 Å². The van der Waals surface area contributed by atoms with Gasteiger partial charge in [0.1, 0.15) is 0 Å². The molecule has 3 rings (SSSR count). The zero-order chi connectivity index (χ0) is 14.9. The Hall–Kier alpha value is -2.20. The Morgan fingerprint density at radius 1 is 1.19 bits per heavy atom. The van der Waals surface area contributed by atoms with Crippen molar-refractivity contribution < 1.29 is 4.79 Å². The lowest BCUT2D eigenvalue weighted by molar-refractivity contribution is 0.102. The summed E-state index contributed by atoms with van der Waals surface area (Å²) >= 11 is 0. The van der Waals surface area contributed by atoms with E-state index in [0.717, 1.165) is 18.5 Å². The van der Waals surface area contributed by atoms with Gasteiger partial charge in [0.15, 0.2) is 0 Å². The lowest BCUT2D eigenvalue weighted by Gasteiger charge is -2.19. The first kappa shape index (κ1) is 13.8. The fourth-order valence-electron chi connectivity index (χ4n) is 2.47. The van der Waals surface area contributed by atoms with Crippen LogP contribution >= 0.6 is 0 Å². The lowest BCUT2D eigenvalue weighted by atomic mass is 9.91. The van der Waals surface area contributed by atoms with Gasteiger partial charge >= 0.3 is 0 Å². The number of benzene rings is 1. The number of aromatic nitrogens is 1. The fraction of sp³-hybridized carbons (Fsp3) is 0.294. The molecule has 21 heavy (non-hydrogen) atoms. The van der Waals surface area contributed by atoms with Gasteiger partial charge in [0.2, 0.25) is 0 Å². The summed E-state index contributed by atoms with van der Waals surface area (Å²) in [6, 6.07) is 11.2. The van der Waals surface area contributed by atoms with Crippen molar-refractivity contribution >= 4 is 11.6 Å². The molecule has 3 N–H and O–H groups in total. The van der Waals surface area contributed by atoms with Crippen LogP contribution in [0.2, 0.25) is 0 Å². The van der Waals surface area contributed by atoms with Crippen molar-refractivity contribution in [2.24, 2.45) is 5.73 Å². The SMILES string of the molecule is CC(c1ccc(C(=O)Nc2ccncc2)cc1)C1(N)CC1. The molecule has 4 heteroatoms. The molecular weight excluding hydrogens is 262 g/mol. The number of nitrogens with zero attached hydrogens (tertiary/aromatic N) is 1. The van der Waals surface area contributed by atoms with Crippen molar-refractivity contribution in [3.63, 3.8) is 0 Å². The summed E-state index contributed by atoms with van der Waals surface area (Å²) in [5.41, 5.74) is 8.77. The monoisotopic (exact) mass is 281 g/mol. The molecule has 1 aromatic carbocycles. The normalized spacial score (nSPS) is 17.0. The first-order valence-electron chi connectivity index (χ1n) is 7.19. The Bertz CT molecular complexity index is 633. The van der Waals surface area contributed by atoms with Crippen molar-refractivity contribution in [3.8, 4) is 0 Å². The Kier molecular flexibility index (Phi) is 3.47. The Balaban J connectivity index is 1.70. The second-order valence-corrected chi connectivity index (χ2v) is 5.77. The van der Waals surface area contributed by atoms with Crippen molar-refractivity contribution in [3.05, 3.63) is 59.9 Å². The quantitative estimate of drug-likeness (QED) is 0.905. The van der Waals surface area contributed by atoms with Gasteiger partial charge in [-0.05, 0) is 48.6 Å². The molecule has 0 radical (unpaired) electrons. The summed E-state index contributed by atoms with van der Waals surface area (Å²) in [6.45, 7) is 2.15. The summed E-state index contributed by atoms with van der Waals surface area (Å²) < 4.78 is 0. The smallest absolute Gasteiger partial charge is 0.255 e. The molecule has 2 aromatic rings. The van der Waals surface area contributed by atoms with Crippen molar-refractivity contribution in [1.82, 2.24) is 4.98 Å². The van der Waals surface area contributed by atoms with Gasteiger partial charge in [0.25, 0.3) is 5.91 Å². The number of carbonyl (C=O) groups excluding carboxylic acids is 1. The molecule has 0 bridgehead atoms. The summed E-state index contributed by atoms with van der Waals surface area (Å²) in [6.07, 6.45) is 5.46. The van der Waals surface area contributed by atoms with Gasteiger partial charge in [-0.25, -0.2) is 0 Å². The van der Waals surface area contributed by atoms with Crippen LogP contribution in [0, 0.1) is 0 Å². The zero-order valence-electron chi connectivity index (χ0n) is 12.0. The highest BCUT2D eigenvalue weighted by molar-refractivity contribution is 6.04. The third-order valence-electron chi connectivity index (χ3n) is 4.30. The van der Waals surface area contributed by atoms with Gasteiger partial charge in [-0.15, -0.1) is 0 Å². The van der Waals surface area contributed by atoms with Crippen molar-refractivity contribution in [1.29, 1.82) is 0 Å².